The summed E-state index contributed by atoms with van der Waals surface area (Å²) in [6, 6.07) is 3.39. The van der Waals surface area contributed by atoms with Gasteiger partial charge >= 0.3 is 0 Å². The third-order valence-electron chi connectivity index (χ3n) is 3.71. The van der Waals surface area contributed by atoms with E-state index in [1.54, 1.807) is 10.7 Å². The molecule has 3 rings (SSSR count). The fourth-order valence-electron chi connectivity index (χ4n) is 2.60. The molecule has 2 heterocycles. The molecule has 1 aliphatic rings. The highest BCUT2D eigenvalue weighted by molar-refractivity contribution is 7.99. The lowest BCUT2D eigenvalue weighted by molar-refractivity contribution is -0.117. The molecule has 2 aromatic heterocycles. The number of nitrogens with one attached hydrogen (secondary N) is 1. The molecule has 9 heteroatoms. The molecule has 0 spiro atoms. The average molecular weight is 335 g/mol. The fraction of sp³-hybridized carbons (Fsp3) is 0.500. The number of hydrogen-bond donors (Lipinski definition) is 1. The summed E-state index contributed by atoms with van der Waals surface area (Å²) in [4.78, 5) is 23.6. The van der Waals surface area contributed by atoms with E-state index in [9.17, 15) is 9.59 Å². The zero-order valence-electron chi connectivity index (χ0n) is 12.5. The predicted octanol–water partition coefficient (Wildman–Crippen LogP) is 1.82. The van der Waals surface area contributed by atoms with E-state index < -0.39 is 11.8 Å². The number of hydrogen-bond acceptors (Lipinski definition) is 7. The van der Waals surface area contributed by atoms with Gasteiger partial charge in [-0.3, -0.25) is 14.9 Å². The molecule has 0 unspecified atom stereocenters. The molecule has 122 valence electrons. The number of furan rings is 1. The molecule has 0 radical (unpaired) electrons. The van der Waals surface area contributed by atoms with E-state index in [1.807, 2.05) is 0 Å². The summed E-state index contributed by atoms with van der Waals surface area (Å²) >= 11 is 1.23. The Hall–Kier alpha value is -2.16. The summed E-state index contributed by atoms with van der Waals surface area (Å²) in [5.74, 6) is -0.781. The average Bonchev–Trinajstić information content (AvgIpc) is 3.25. The minimum absolute atomic E-state index is 0.0690. The van der Waals surface area contributed by atoms with Crippen molar-refractivity contribution < 1.29 is 14.0 Å². The van der Waals surface area contributed by atoms with Crippen LogP contribution in [-0.4, -0.2) is 37.8 Å². The minimum atomic E-state index is -0.549. The first-order valence-corrected chi connectivity index (χ1v) is 8.51. The van der Waals surface area contributed by atoms with Gasteiger partial charge in [0.05, 0.1) is 18.1 Å². The van der Waals surface area contributed by atoms with Gasteiger partial charge in [-0.15, -0.1) is 5.10 Å². The topological polar surface area (TPSA) is 103 Å². The number of carbonyl (C=O) groups excluding carboxylic acids is 2. The van der Waals surface area contributed by atoms with E-state index in [4.69, 9.17) is 4.42 Å². The Morgan fingerprint density at radius 3 is 2.91 bits per heavy atom. The van der Waals surface area contributed by atoms with Crippen LogP contribution in [0.15, 0.2) is 28.0 Å². The van der Waals surface area contributed by atoms with E-state index in [-0.39, 0.29) is 11.5 Å². The molecule has 1 N–H and O–H groups in total. The molecule has 0 atom stereocenters. The Morgan fingerprint density at radius 2 is 2.17 bits per heavy atom. The number of tetrazole rings is 1. The van der Waals surface area contributed by atoms with E-state index >= 15 is 0 Å². The Morgan fingerprint density at radius 1 is 1.35 bits per heavy atom. The molecule has 8 nitrogen and oxygen atoms in total. The lowest BCUT2D eigenvalue weighted by Crippen LogP contribution is -2.31. The summed E-state index contributed by atoms with van der Waals surface area (Å²) < 4.78 is 6.73. The summed E-state index contributed by atoms with van der Waals surface area (Å²) in [5, 5.41) is 14.6. The van der Waals surface area contributed by atoms with Gasteiger partial charge in [0.15, 0.2) is 5.76 Å². The van der Waals surface area contributed by atoms with Gasteiger partial charge in [-0.1, -0.05) is 31.0 Å². The molecule has 0 bridgehead atoms. The first kappa shape index (κ1) is 15.7. The van der Waals surface area contributed by atoms with Crippen LogP contribution in [0.4, 0.5) is 0 Å². The maximum Gasteiger partial charge on any atom is 0.293 e. The largest absolute Gasteiger partial charge is 0.459 e. The van der Waals surface area contributed by atoms with Gasteiger partial charge < -0.3 is 4.42 Å². The molecule has 2 aromatic rings. The quantitative estimate of drug-likeness (QED) is 0.831. The second-order valence-electron chi connectivity index (χ2n) is 5.34. The van der Waals surface area contributed by atoms with Crippen LogP contribution in [0.3, 0.4) is 0 Å². The molecule has 0 aliphatic heterocycles. The van der Waals surface area contributed by atoms with Gasteiger partial charge in [-0.05, 0) is 35.4 Å². The predicted molar refractivity (Wildman–Crippen MR) is 81.8 cm³/mol. The van der Waals surface area contributed by atoms with E-state index in [0.29, 0.717) is 11.2 Å². The molecular formula is C14H17N5O3S. The molecule has 23 heavy (non-hydrogen) atoms. The summed E-state index contributed by atoms with van der Waals surface area (Å²) in [6.45, 7) is 0. The van der Waals surface area contributed by atoms with Crippen molar-refractivity contribution in [2.75, 3.05) is 5.75 Å². The lowest BCUT2D eigenvalue weighted by Gasteiger charge is -2.21. The Balaban J connectivity index is 1.53. The molecule has 1 aliphatic carbocycles. The standard InChI is InChI=1S/C14H17N5O3S/c20-12(15-13(21)11-7-4-8-22-11)9-23-14-16-17-18-19(14)10-5-2-1-3-6-10/h4,7-8,10H,1-3,5-6,9H2,(H,15,20,21). The van der Waals surface area contributed by atoms with E-state index in [2.05, 4.69) is 20.8 Å². The first-order valence-electron chi connectivity index (χ1n) is 7.52. The number of imide groups is 1. The third-order valence-corrected chi connectivity index (χ3v) is 4.65. The van der Waals surface area contributed by atoms with Crippen LogP contribution in [0.2, 0.25) is 0 Å². The summed E-state index contributed by atoms with van der Waals surface area (Å²) in [7, 11) is 0. The smallest absolute Gasteiger partial charge is 0.293 e. The van der Waals surface area contributed by atoms with Gasteiger partial charge in [0.1, 0.15) is 0 Å². The van der Waals surface area contributed by atoms with Crippen molar-refractivity contribution >= 4 is 23.6 Å². The van der Waals surface area contributed by atoms with Gasteiger partial charge in [0.2, 0.25) is 11.1 Å². The van der Waals surface area contributed by atoms with Crippen molar-refractivity contribution in [2.24, 2.45) is 0 Å². The summed E-state index contributed by atoms with van der Waals surface area (Å²) in [5.41, 5.74) is 0. The Bertz CT molecular complexity index is 664. The highest BCUT2D eigenvalue weighted by atomic mass is 32.2. The number of carbonyl (C=O) groups is 2. The normalized spacial score (nSPS) is 15.5. The zero-order chi connectivity index (χ0) is 16.1. The molecule has 1 saturated carbocycles. The van der Waals surface area contributed by atoms with Gasteiger partial charge in [-0.25, -0.2) is 4.68 Å². The van der Waals surface area contributed by atoms with Crippen molar-refractivity contribution in [1.82, 2.24) is 25.5 Å². The fourth-order valence-corrected chi connectivity index (χ4v) is 3.34. The van der Waals surface area contributed by atoms with Crippen LogP contribution in [-0.2, 0) is 4.79 Å². The van der Waals surface area contributed by atoms with Gasteiger partial charge in [0, 0.05) is 0 Å². The zero-order valence-corrected chi connectivity index (χ0v) is 13.3. The van der Waals surface area contributed by atoms with Crippen molar-refractivity contribution in [2.45, 2.75) is 43.3 Å². The van der Waals surface area contributed by atoms with Gasteiger partial charge in [0.25, 0.3) is 5.91 Å². The Labute approximate surface area is 137 Å². The molecule has 0 aromatic carbocycles. The molecule has 2 amide bonds. The molecule has 0 saturated heterocycles. The van der Waals surface area contributed by atoms with E-state index in [0.717, 1.165) is 12.8 Å². The number of aromatic nitrogens is 4. The van der Waals surface area contributed by atoms with Crippen LogP contribution >= 0.6 is 11.8 Å². The molecular weight excluding hydrogens is 318 g/mol. The van der Waals surface area contributed by atoms with Crippen LogP contribution in [0.5, 0.6) is 0 Å². The second-order valence-corrected chi connectivity index (χ2v) is 6.28. The lowest BCUT2D eigenvalue weighted by atomic mass is 9.96. The van der Waals surface area contributed by atoms with Crippen molar-refractivity contribution in [3.8, 4) is 0 Å². The van der Waals surface area contributed by atoms with Crippen LogP contribution in [0.1, 0.15) is 48.7 Å². The monoisotopic (exact) mass is 335 g/mol. The maximum absolute atomic E-state index is 11.9. The minimum Gasteiger partial charge on any atom is -0.459 e. The van der Waals surface area contributed by atoms with Crippen molar-refractivity contribution in [1.29, 1.82) is 0 Å². The van der Waals surface area contributed by atoms with Crippen molar-refractivity contribution in [3.63, 3.8) is 0 Å². The number of rotatable bonds is 5. The van der Waals surface area contributed by atoms with Crippen molar-refractivity contribution in [3.05, 3.63) is 24.2 Å². The highest BCUT2D eigenvalue weighted by Crippen LogP contribution is 2.30. The van der Waals surface area contributed by atoms with E-state index in [1.165, 1.54) is 43.4 Å². The second kappa shape index (κ2) is 7.40. The van der Waals surface area contributed by atoms with Crippen LogP contribution in [0.25, 0.3) is 0 Å². The Kier molecular flexibility index (Phi) is 5.06. The van der Waals surface area contributed by atoms with Crippen LogP contribution < -0.4 is 5.32 Å². The van der Waals surface area contributed by atoms with Gasteiger partial charge in [-0.2, -0.15) is 0 Å². The first-order chi connectivity index (χ1) is 11.2. The summed E-state index contributed by atoms with van der Waals surface area (Å²) in [6.07, 6.45) is 7.09. The third kappa shape index (κ3) is 3.98. The highest BCUT2D eigenvalue weighted by Gasteiger charge is 2.21. The molecule has 1 fully saturated rings. The maximum atomic E-state index is 11.9. The number of thioether (sulfide) groups is 1. The number of amides is 2. The van der Waals surface area contributed by atoms with Crippen LogP contribution in [0, 0.1) is 0 Å². The number of nitrogens with zero attached hydrogens (tertiary/aromatic N) is 4. The SMILES string of the molecule is O=C(CSc1nnnn1C1CCCCC1)NC(=O)c1ccco1.